The molecule has 33 heavy (non-hydrogen) atoms. The van der Waals surface area contributed by atoms with Gasteiger partial charge in [-0.15, -0.1) is 0 Å². The van der Waals surface area contributed by atoms with E-state index in [-0.39, 0.29) is 18.0 Å². The summed E-state index contributed by atoms with van der Waals surface area (Å²) < 4.78 is 0.973. The molecule has 0 aliphatic carbocycles. The lowest BCUT2D eigenvalue weighted by Gasteiger charge is -2.30. The standard InChI is InChI=1S/C28H25IN4/c1-20(33-28(12-13-30)26-7-3-5-24(15-26)19-32)27(25-6-2-4-23(14-25)18-31)16-21-8-10-22(17-29)11-9-21/h2-11,14-15,20,27-28,33H,12,16-17H2,1H3/t20-,27+,28?/m0/s1. The molecule has 3 aromatic carbocycles. The minimum absolute atomic E-state index is 0.0206. The number of nitrogens with one attached hydrogen (secondary N) is 1. The average molecular weight is 544 g/mol. The van der Waals surface area contributed by atoms with Crippen molar-refractivity contribution in [1.82, 2.24) is 5.32 Å². The lowest BCUT2D eigenvalue weighted by molar-refractivity contribution is 0.401. The number of rotatable bonds is 9. The lowest BCUT2D eigenvalue weighted by Crippen LogP contribution is -2.36. The highest BCUT2D eigenvalue weighted by Gasteiger charge is 2.24. The number of benzene rings is 3. The van der Waals surface area contributed by atoms with E-state index < -0.39 is 0 Å². The number of alkyl halides is 1. The maximum absolute atomic E-state index is 9.45. The molecule has 0 bridgehead atoms. The normalized spacial score (nSPS) is 13.2. The summed E-state index contributed by atoms with van der Waals surface area (Å²) in [5.41, 5.74) is 5.76. The molecular formula is C28H25IN4. The van der Waals surface area contributed by atoms with E-state index in [1.807, 2.05) is 36.4 Å². The molecule has 0 heterocycles. The molecule has 5 heteroatoms. The highest BCUT2D eigenvalue weighted by Crippen LogP contribution is 2.29. The van der Waals surface area contributed by atoms with Crippen molar-refractivity contribution in [2.75, 3.05) is 0 Å². The van der Waals surface area contributed by atoms with Crippen LogP contribution in [0.3, 0.4) is 0 Å². The highest BCUT2D eigenvalue weighted by molar-refractivity contribution is 14.1. The van der Waals surface area contributed by atoms with Gasteiger partial charge in [0, 0.05) is 22.4 Å². The molecule has 0 aromatic heterocycles. The molecule has 0 saturated heterocycles. The first-order valence-corrected chi connectivity index (χ1v) is 12.4. The van der Waals surface area contributed by atoms with Crippen molar-refractivity contribution < 1.29 is 0 Å². The molecule has 3 atom stereocenters. The van der Waals surface area contributed by atoms with Gasteiger partial charge in [0.25, 0.3) is 0 Å². The van der Waals surface area contributed by atoms with Crippen LogP contribution in [0.5, 0.6) is 0 Å². The number of nitrogens with zero attached hydrogens (tertiary/aromatic N) is 3. The van der Waals surface area contributed by atoms with E-state index in [0.29, 0.717) is 17.5 Å². The molecule has 0 aliphatic heterocycles. The van der Waals surface area contributed by atoms with E-state index >= 15 is 0 Å². The Kier molecular flexibility index (Phi) is 9.02. The second-order valence-corrected chi connectivity index (χ2v) is 8.87. The first-order valence-electron chi connectivity index (χ1n) is 10.8. The number of nitriles is 3. The molecule has 1 unspecified atom stereocenters. The molecule has 0 aliphatic rings. The van der Waals surface area contributed by atoms with Crippen LogP contribution in [0.25, 0.3) is 0 Å². The van der Waals surface area contributed by atoms with Gasteiger partial charge < -0.3 is 5.32 Å². The van der Waals surface area contributed by atoms with Crippen LogP contribution in [0.2, 0.25) is 0 Å². The summed E-state index contributed by atoms with van der Waals surface area (Å²) in [5.74, 6) is 0.101. The molecule has 0 fully saturated rings. The van der Waals surface area contributed by atoms with Crippen LogP contribution >= 0.6 is 22.6 Å². The van der Waals surface area contributed by atoms with Gasteiger partial charge in [-0.2, -0.15) is 15.8 Å². The maximum atomic E-state index is 9.45. The summed E-state index contributed by atoms with van der Waals surface area (Å²) in [4.78, 5) is 0. The fourth-order valence-corrected chi connectivity index (χ4v) is 4.57. The Balaban J connectivity index is 1.92. The molecule has 1 N–H and O–H groups in total. The van der Waals surface area contributed by atoms with Gasteiger partial charge in [0.15, 0.2) is 0 Å². The first-order chi connectivity index (χ1) is 16.1. The molecule has 3 aromatic rings. The second kappa shape index (κ2) is 12.2. The number of halogens is 1. The average Bonchev–Trinajstić information content (AvgIpc) is 2.87. The third-order valence-corrected chi connectivity index (χ3v) is 6.74. The Hall–Kier alpha value is -3.18. The quantitative estimate of drug-likeness (QED) is 0.252. The van der Waals surface area contributed by atoms with Gasteiger partial charge in [0.2, 0.25) is 0 Å². The third-order valence-electron chi connectivity index (χ3n) is 5.86. The van der Waals surface area contributed by atoms with Crippen molar-refractivity contribution >= 4 is 22.6 Å². The fraction of sp³-hybridized carbons (Fsp3) is 0.250. The van der Waals surface area contributed by atoms with Crippen molar-refractivity contribution in [3.63, 3.8) is 0 Å². The Bertz CT molecular complexity index is 1200. The van der Waals surface area contributed by atoms with Crippen molar-refractivity contribution in [1.29, 1.82) is 15.8 Å². The molecule has 0 saturated carbocycles. The molecule has 4 nitrogen and oxygen atoms in total. The van der Waals surface area contributed by atoms with Gasteiger partial charge in [-0.25, -0.2) is 0 Å². The van der Waals surface area contributed by atoms with Gasteiger partial charge in [0.1, 0.15) is 0 Å². The van der Waals surface area contributed by atoms with Crippen LogP contribution in [-0.2, 0) is 10.8 Å². The number of hydrogen-bond donors (Lipinski definition) is 1. The maximum Gasteiger partial charge on any atom is 0.0991 e. The predicted octanol–water partition coefficient (Wildman–Crippen LogP) is 6.32. The summed E-state index contributed by atoms with van der Waals surface area (Å²) in [6.45, 7) is 2.13. The fourth-order valence-electron chi connectivity index (χ4n) is 4.06. The Morgan fingerprint density at radius 3 is 1.97 bits per heavy atom. The molecule has 164 valence electrons. The smallest absolute Gasteiger partial charge is 0.0991 e. The Morgan fingerprint density at radius 1 is 0.818 bits per heavy atom. The van der Waals surface area contributed by atoms with E-state index in [0.717, 1.165) is 22.0 Å². The van der Waals surface area contributed by atoms with E-state index in [4.69, 9.17) is 0 Å². The lowest BCUT2D eigenvalue weighted by atomic mass is 9.85. The third kappa shape index (κ3) is 6.65. The topological polar surface area (TPSA) is 83.4 Å². The highest BCUT2D eigenvalue weighted by atomic mass is 127. The minimum atomic E-state index is -0.193. The van der Waals surface area contributed by atoms with Crippen molar-refractivity contribution in [3.05, 3.63) is 106 Å². The SMILES string of the molecule is C[C@H](NC(CC#N)c1cccc(C#N)c1)[C@@H](Cc1ccc(CI)cc1)c1cccc(C#N)c1. The Labute approximate surface area is 209 Å². The number of hydrogen-bond acceptors (Lipinski definition) is 4. The Morgan fingerprint density at radius 2 is 1.39 bits per heavy atom. The zero-order chi connectivity index (χ0) is 23.6. The van der Waals surface area contributed by atoms with Crippen LogP contribution in [0.1, 0.15) is 58.7 Å². The molecule has 3 rings (SSSR count). The van der Waals surface area contributed by atoms with E-state index in [1.165, 1.54) is 11.1 Å². The van der Waals surface area contributed by atoms with Gasteiger partial charge >= 0.3 is 0 Å². The largest absolute Gasteiger partial charge is 0.306 e. The van der Waals surface area contributed by atoms with Crippen molar-refractivity contribution in [2.24, 2.45) is 0 Å². The summed E-state index contributed by atoms with van der Waals surface area (Å²) in [6, 6.07) is 30.4. The zero-order valence-corrected chi connectivity index (χ0v) is 20.7. The summed E-state index contributed by atoms with van der Waals surface area (Å²) in [6.07, 6.45) is 1.11. The zero-order valence-electron chi connectivity index (χ0n) is 18.5. The molecule has 0 spiro atoms. The monoisotopic (exact) mass is 544 g/mol. The van der Waals surface area contributed by atoms with Crippen molar-refractivity contribution in [3.8, 4) is 18.2 Å². The van der Waals surface area contributed by atoms with Crippen LogP contribution in [0.4, 0.5) is 0 Å². The molecule has 0 amide bonds. The van der Waals surface area contributed by atoms with E-state index in [2.05, 4.69) is 83.4 Å². The van der Waals surface area contributed by atoms with Crippen LogP contribution < -0.4 is 5.32 Å². The van der Waals surface area contributed by atoms with Crippen molar-refractivity contribution in [2.45, 2.75) is 42.2 Å². The van der Waals surface area contributed by atoms with E-state index in [1.54, 1.807) is 6.07 Å². The minimum Gasteiger partial charge on any atom is -0.306 e. The van der Waals surface area contributed by atoms with Gasteiger partial charge in [-0.1, -0.05) is 71.1 Å². The van der Waals surface area contributed by atoms with Gasteiger partial charge in [-0.3, -0.25) is 0 Å². The predicted molar refractivity (Wildman–Crippen MR) is 138 cm³/mol. The summed E-state index contributed by atoms with van der Waals surface area (Å²) in [5, 5.41) is 31.8. The summed E-state index contributed by atoms with van der Waals surface area (Å²) >= 11 is 2.36. The molecular weight excluding hydrogens is 519 g/mol. The van der Waals surface area contributed by atoms with Crippen LogP contribution in [0.15, 0.2) is 72.8 Å². The molecule has 0 radical (unpaired) electrons. The van der Waals surface area contributed by atoms with Gasteiger partial charge in [0.05, 0.1) is 35.8 Å². The first kappa shape index (κ1) is 24.5. The van der Waals surface area contributed by atoms with Gasteiger partial charge in [-0.05, 0) is 59.9 Å². The van der Waals surface area contributed by atoms with E-state index in [9.17, 15) is 15.8 Å². The summed E-state index contributed by atoms with van der Waals surface area (Å²) in [7, 11) is 0. The second-order valence-electron chi connectivity index (χ2n) is 8.11. The van der Waals surface area contributed by atoms with Crippen LogP contribution in [0, 0.1) is 34.0 Å². The van der Waals surface area contributed by atoms with Crippen LogP contribution in [-0.4, -0.2) is 6.04 Å².